The number of hydrogen-bond acceptors (Lipinski definition) is 7. The number of ether oxygens (including phenoxy) is 4. The second-order valence-corrected chi connectivity index (χ2v) is 20.9. The standard InChI is InChI=1S/C67H111NO8/c1-6-8-10-12-14-16-18-20-22-23-24-25-26-27-28-29-30-31-32-33-34-35-36-37-38-39-40-41-42-43-44-46-48-50-52-54-56-58-65(70)76-63(62-75-67(66(71)72)73-60-59-68(3,4)5)61-74-64(69)57-55-53-51-49-47-45-21-19-17-15-13-11-9-7-2/h8,10,14,16,19-22,24-25,27-28,30-31,33-34,36-37,39-40,63,67H,6-7,9,11-13,15,17-18,23,26,29,32,35,38,41-62H2,1-5H3/p+1/b10-8-,16-14-,21-19-,22-20-,25-24-,28-27-,31-30-,34-33-,37-36-,40-39-. The van der Waals surface area contributed by atoms with Crippen LogP contribution in [0.25, 0.3) is 0 Å². The fourth-order valence-electron chi connectivity index (χ4n) is 7.82. The molecule has 0 aromatic carbocycles. The van der Waals surface area contributed by atoms with Gasteiger partial charge in [-0.3, -0.25) is 9.59 Å². The maximum absolute atomic E-state index is 12.9. The second kappa shape index (κ2) is 56.9. The van der Waals surface area contributed by atoms with Crippen LogP contribution in [0.4, 0.5) is 0 Å². The summed E-state index contributed by atoms with van der Waals surface area (Å²) >= 11 is 0. The third kappa shape index (κ3) is 57.4. The van der Waals surface area contributed by atoms with Crippen LogP contribution in [0.5, 0.6) is 0 Å². The summed E-state index contributed by atoms with van der Waals surface area (Å²) in [5.74, 6) is -2.03. The summed E-state index contributed by atoms with van der Waals surface area (Å²) < 4.78 is 22.8. The van der Waals surface area contributed by atoms with Gasteiger partial charge in [-0.05, 0) is 109 Å². The number of hydrogen-bond donors (Lipinski definition) is 1. The number of carboxylic acid groups (broad SMARTS) is 1. The molecule has 0 radical (unpaired) electrons. The minimum atomic E-state index is -1.52. The lowest BCUT2D eigenvalue weighted by Crippen LogP contribution is -2.40. The topological polar surface area (TPSA) is 108 Å². The van der Waals surface area contributed by atoms with Crippen LogP contribution < -0.4 is 0 Å². The molecule has 432 valence electrons. The molecule has 0 aliphatic rings. The monoisotopic (exact) mass is 1060 g/mol. The van der Waals surface area contributed by atoms with E-state index in [9.17, 15) is 19.5 Å². The largest absolute Gasteiger partial charge is 0.477 e. The minimum absolute atomic E-state index is 0.180. The Kier molecular flexibility index (Phi) is 53.7. The van der Waals surface area contributed by atoms with E-state index in [1.807, 2.05) is 21.1 Å². The zero-order valence-electron chi connectivity index (χ0n) is 49.1. The van der Waals surface area contributed by atoms with Gasteiger partial charge >= 0.3 is 17.9 Å². The van der Waals surface area contributed by atoms with E-state index in [1.165, 1.54) is 70.6 Å². The Morgan fingerprint density at radius 1 is 0.408 bits per heavy atom. The lowest BCUT2D eigenvalue weighted by molar-refractivity contribution is -0.870. The predicted molar refractivity (Wildman–Crippen MR) is 322 cm³/mol. The smallest absolute Gasteiger partial charge is 0.361 e. The Bertz CT molecular complexity index is 1660. The van der Waals surface area contributed by atoms with Crippen molar-refractivity contribution >= 4 is 17.9 Å². The first-order valence-corrected chi connectivity index (χ1v) is 30.2. The molecule has 9 nitrogen and oxygen atoms in total. The van der Waals surface area contributed by atoms with Crippen LogP contribution in [0.3, 0.4) is 0 Å². The van der Waals surface area contributed by atoms with Crippen molar-refractivity contribution in [3.05, 3.63) is 122 Å². The molecule has 0 aliphatic carbocycles. The van der Waals surface area contributed by atoms with Gasteiger partial charge in [-0.15, -0.1) is 0 Å². The normalized spacial score (nSPS) is 13.6. The molecule has 0 spiro atoms. The lowest BCUT2D eigenvalue weighted by Gasteiger charge is -2.25. The van der Waals surface area contributed by atoms with E-state index in [0.717, 1.165) is 122 Å². The molecule has 0 aromatic rings. The quantitative estimate of drug-likeness (QED) is 0.0211. The molecule has 0 aliphatic heterocycles. The molecule has 76 heavy (non-hydrogen) atoms. The van der Waals surface area contributed by atoms with Gasteiger partial charge in [0, 0.05) is 12.8 Å². The summed E-state index contributed by atoms with van der Waals surface area (Å²) in [6.07, 6.45) is 77.1. The van der Waals surface area contributed by atoms with Crippen molar-refractivity contribution in [1.29, 1.82) is 0 Å². The highest BCUT2D eigenvalue weighted by atomic mass is 16.7. The van der Waals surface area contributed by atoms with Crippen molar-refractivity contribution in [1.82, 2.24) is 0 Å². The van der Waals surface area contributed by atoms with Crippen molar-refractivity contribution in [3.63, 3.8) is 0 Å². The molecule has 0 bridgehead atoms. The maximum Gasteiger partial charge on any atom is 0.361 e. The highest BCUT2D eigenvalue weighted by molar-refractivity contribution is 5.71. The van der Waals surface area contributed by atoms with E-state index in [1.54, 1.807) is 0 Å². The zero-order valence-corrected chi connectivity index (χ0v) is 49.1. The van der Waals surface area contributed by atoms with Crippen LogP contribution in [0, 0.1) is 0 Å². The number of carboxylic acids is 1. The van der Waals surface area contributed by atoms with E-state index >= 15 is 0 Å². The number of rotatable bonds is 54. The predicted octanol–water partition coefficient (Wildman–Crippen LogP) is 18.1. The molecule has 0 saturated heterocycles. The number of carbonyl (C=O) groups excluding carboxylic acids is 2. The Morgan fingerprint density at radius 2 is 0.750 bits per heavy atom. The highest BCUT2D eigenvalue weighted by Gasteiger charge is 2.25. The number of esters is 2. The summed E-state index contributed by atoms with van der Waals surface area (Å²) in [7, 11) is 5.95. The number of carbonyl (C=O) groups is 3. The van der Waals surface area contributed by atoms with Crippen LogP contribution in [0.15, 0.2) is 122 Å². The van der Waals surface area contributed by atoms with E-state index < -0.39 is 24.3 Å². The van der Waals surface area contributed by atoms with Crippen LogP contribution in [-0.2, 0) is 33.3 Å². The average molecular weight is 1060 g/mol. The van der Waals surface area contributed by atoms with E-state index in [0.29, 0.717) is 17.4 Å². The number of quaternary nitrogens is 1. The first kappa shape index (κ1) is 71.7. The third-order valence-electron chi connectivity index (χ3n) is 12.5. The van der Waals surface area contributed by atoms with Gasteiger partial charge in [0.25, 0.3) is 6.29 Å². The van der Waals surface area contributed by atoms with Crippen molar-refractivity contribution in [2.75, 3.05) is 47.5 Å². The summed E-state index contributed by atoms with van der Waals surface area (Å²) in [5, 5.41) is 9.69. The first-order chi connectivity index (χ1) is 37.1. The maximum atomic E-state index is 12.9. The van der Waals surface area contributed by atoms with Gasteiger partial charge in [0.15, 0.2) is 6.10 Å². The molecule has 9 heteroatoms. The Hall–Kier alpha value is -4.31. The van der Waals surface area contributed by atoms with Gasteiger partial charge in [-0.2, -0.15) is 0 Å². The molecule has 2 atom stereocenters. The fourth-order valence-corrected chi connectivity index (χ4v) is 7.82. The molecular formula is C67H112NO8+. The van der Waals surface area contributed by atoms with E-state index in [2.05, 4.69) is 135 Å². The van der Waals surface area contributed by atoms with E-state index in [4.69, 9.17) is 18.9 Å². The molecule has 0 heterocycles. The third-order valence-corrected chi connectivity index (χ3v) is 12.5. The summed E-state index contributed by atoms with van der Waals surface area (Å²) in [6.45, 7) is 4.72. The second-order valence-electron chi connectivity index (χ2n) is 20.9. The van der Waals surface area contributed by atoms with Crippen molar-refractivity contribution in [2.24, 2.45) is 0 Å². The van der Waals surface area contributed by atoms with Gasteiger partial charge in [0.05, 0.1) is 34.4 Å². The van der Waals surface area contributed by atoms with Gasteiger partial charge < -0.3 is 28.5 Å². The number of likely N-dealkylation sites (N-methyl/N-ethyl adjacent to an activating group) is 1. The summed E-state index contributed by atoms with van der Waals surface area (Å²) in [6, 6.07) is 0. The average Bonchev–Trinajstić information content (AvgIpc) is 3.39. The molecule has 0 saturated carbocycles. The van der Waals surface area contributed by atoms with Crippen molar-refractivity contribution in [2.45, 2.75) is 238 Å². The van der Waals surface area contributed by atoms with Crippen molar-refractivity contribution in [3.8, 4) is 0 Å². The minimum Gasteiger partial charge on any atom is -0.477 e. The number of nitrogens with zero attached hydrogens (tertiary/aromatic N) is 1. The van der Waals surface area contributed by atoms with Crippen molar-refractivity contribution < 1.29 is 42.9 Å². The first-order valence-electron chi connectivity index (χ1n) is 30.2. The summed E-state index contributed by atoms with van der Waals surface area (Å²) in [4.78, 5) is 37.4. The van der Waals surface area contributed by atoms with Gasteiger partial charge in [-0.1, -0.05) is 225 Å². The Balaban J connectivity index is 4.19. The number of allylic oxidation sites excluding steroid dienone is 20. The molecule has 0 aromatic heterocycles. The van der Waals surface area contributed by atoms with Crippen LogP contribution in [-0.4, -0.2) is 87.4 Å². The fraction of sp³-hybridized carbons (Fsp3) is 0.657. The van der Waals surface area contributed by atoms with Gasteiger partial charge in [-0.25, -0.2) is 4.79 Å². The molecule has 1 N–H and O–H groups in total. The number of aliphatic carboxylic acids is 1. The zero-order chi connectivity index (χ0) is 55.5. The van der Waals surface area contributed by atoms with Gasteiger partial charge in [0.1, 0.15) is 13.2 Å². The molecule has 0 rings (SSSR count). The highest BCUT2D eigenvalue weighted by Crippen LogP contribution is 2.14. The molecule has 0 amide bonds. The van der Waals surface area contributed by atoms with Crippen LogP contribution in [0.2, 0.25) is 0 Å². The molecule has 2 unspecified atom stereocenters. The Morgan fingerprint density at radius 3 is 1.13 bits per heavy atom. The Labute approximate surface area is 466 Å². The molecular weight excluding hydrogens is 947 g/mol. The van der Waals surface area contributed by atoms with Crippen LogP contribution in [0.1, 0.15) is 226 Å². The number of unbranched alkanes of at least 4 members (excludes halogenated alkanes) is 19. The SMILES string of the molecule is CC/C=C\C/C=C\C/C=C\C/C=C\C/C=C\C/C=C\C/C=C\C/C=C\C/C=C\CCCCCCCCCCCC(=O)OC(COC(=O)CCCCCCC/C=C\CCCCCCC)COC(OCC[N+](C)(C)C)C(=O)O. The van der Waals surface area contributed by atoms with E-state index in [-0.39, 0.29) is 38.6 Å². The van der Waals surface area contributed by atoms with Gasteiger partial charge in [0.2, 0.25) is 0 Å². The molecule has 0 fully saturated rings. The lowest BCUT2D eigenvalue weighted by atomic mass is 10.1. The van der Waals surface area contributed by atoms with Crippen LogP contribution >= 0.6 is 0 Å². The summed E-state index contributed by atoms with van der Waals surface area (Å²) in [5.41, 5.74) is 0.